The van der Waals surface area contributed by atoms with Crippen LogP contribution in [-0.2, 0) is 6.42 Å². The summed E-state index contributed by atoms with van der Waals surface area (Å²) < 4.78 is 13.1. The highest BCUT2D eigenvalue weighted by atomic mass is 35.5. The summed E-state index contributed by atoms with van der Waals surface area (Å²) >= 11 is 5.76. The fraction of sp³-hybridized carbons (Fsp3) is 0.294. The minimum Gasteiger partial charge on any atom is -0.388 e. The molecule has 0 saturated heterocycles. The number of hydrogen-bond donors (Lipinski definition) is 1. The van der Waals surface area contributed by atoms with Gasteiger partial charge in [-0.25, -0.2) is 4.39 Å². The van der Waals surface area contributed by atoms with Gasteiger partial charge >= 0.3 is 0 Å². The van der Waals surface area contributed by atoms with Crippen LogP contribution in [-0.4, -0.2) is 5.11 Å². The van der Waals surface area contributed by atoms with Crippen molar-refractivity contribution in [3.05, 3.63) is 69.0 Å². The second-order valence-electron chi connectivity index (χ2n) is 5.27. The van der Waals surface area contributed by atoms with Gasteiger partial charge in [0.1, 0.15) is 5.82 Å². The Morgan fingerprint density at radius 1 is 1.10 bits per heavy atom. The Hall–Kier alpha value is -1.38. The third-order valence-electron chi connectivity index (χ3n) is 3.57. The molecule has 1 unspecified atom stereocenters. The molecular weight excluding hydrogens is 275 g/mol. The van der Waals surface area contributed by atoms with Gasteiger partial charge in [-0.2, -0.15) is 0 Å². The van der Waals surface area contributed by atoms with Crippen molar-refractivity contribution in [3.8, 4) is 0 Å². The summed E-state index contributed by atoms with van der Waals surface area (Å²) in [5.74, 6) is -0.467. The molecule has 0 saturated carbocycles. The van der Waals surface area contributed by atoms with Crippen molar-refractivity contribution in [3.63, 3.8) is 0 Å². The zero-order valence-corrected chi connectivity index (χ0v) is 12.6. The lowest BCUT2D eigenvalue weighted by molar-refractivity contribution is 0.178. The molecule has 0 spiro atoms. The smallest absolute Gasteiger partial charge is 0.141 e. The molecule has 0 fully saturated rings. The molecule has 106 valence electrons. The van der Waals surface area contributed by atoms with Crippen LogP contribution in [0.15, 0.2) is 30.3 Å². The topological polar surface area (TPSA) is 20.2 Å². The third kappa shape index (κ3) is 3.20. The third-order valence-corrected chi connectivity index (χ3v) is 3.86. The van der Waals surface area contributed by atoms with Crippen molar-refractivity contribution in [2.45, 2.75) is 33.3 Å². The number of aryl methyl sites for hydroxylation is 3. The molecule has 1 N–H and O–H groups in total. The summed E-state index contributed by atoms with van der Waals surface area (Å²) in [5, 5.41) is 10.4. The molecule has 1 nitrogen and oxygen atoms in total. The van der Waals surface area contributed by atoms with Gasteiger partial charge in [-0.1, -0.05) is 35.4 Å². The molecule has 0 aliphatic heterocycles. The van der Waals surface area contributed by atoms with E-state index >= 15 is 0 Å². The van der Waals surface area contributed by atoms with Crippen LogP contribution in [0.3, 0.4) is 0 Å². The minimum absolute atomic E-state index is 0.0406. The number of halogens is 2. The summed E-state index contributed by atoms with van der Waals surface area (Å²) in [7, 11) is 0. The number of aliphatic hydroxyl groups is 1. The van der Waals surface area contributed by atoms with Gasteiger partial charge in [0.2, 0.25) is 0 Å². The monoisotopic (exact) mass is 292 g/mol. The van der Waals surface area contributed by atoms with Crippen molar-refractivity contribution >= 4 is 11.6 Å². The van der Waals surface area contributed by atoms with E-state index in [0.29, 0.717) is 12.0 Å². The van der Waals surface area contributed by atoms with Crippen LogP contribution < -0.4 is 0 Å². The maximum atomic E-state index is 13.1. The average Bonchev–Trinajstić information content (AvgIpc) is 2.36. The lowest BCUT2D eigenvalue weighted by Crippen LogP contribution is -2.05. The molecule has 0 radical (unpaired) electrons. The molecule has 0 amide bonds. The standard InChI is InChI=1S/C17H18ClFO/c1-10-6-11(2)14(12(3)7-10)9-17(20)13-4-5-16(19)15(18)8-13/h4-8,17,20H,9H2,1-3H3. The normalized spacial score (nSPS) is 12.5. The molecule has 2 aromatic carbocycles. The summed E-state index contributed by atoms with van der Waals surface area (Å²) in [6, 6.07) is 8.56. The van der Waals surface area contributed by atoms with Gasteiger partial charge < -0.3 is 5.11 Å². The summed E-state index contributed by atoms with van der Waals surface area (Å²) in [4.78, 5) is 0. The van der Waals surface area contributed by atoms with Crippen molar-refractivity contribution < 1.29 is 9.50 Å². The largest absolute Gasteiger partial charge is 0.388 e. The Kier molecular flexibility index (Phi) is 4.46. The van der Waals surface area contributed by atoms with Crippen LogP contribution >= 0.6 is 11.6 Å². The molecular formula is C17H18ClFO. The van der Waals surface area contributed by atoms with Gasteiger partial charge in [0, 0.05) is 6.42 Å². The van der Waals surface area contributed by atoms with Gasteiger partial charge in [-0.3, -0.25) is 0 Å². The predicted octanol–water partition coefficient (Wildman–Crippen LogP) is 4.68. The maximum absolute atomic E-state index is 13.1. The number of hydrogen-bond acceptors (Lipinski definition) is 1. The van der Waals surface area contributed by atoms with Gasteiger partial charge in [-0.05, 0) is 55.2 Å². The highest BCUT2D eigenvalue weighted by Crippen LogP contribution is 2.26. The first kappa shape index (κ1) is 15.0. The first-order valence-electron chi connectivity index (χ1n) is 6.58. The second kappa shape index (κ2) is 5.94. The zero-order chi connectivity index (χ0) is 14.9. The van der Waals surface area contributed by atoms with Crippen LogP contribution in [0.5, 0.6) is 0 Å². The predicted molar refractivity (Wildman–Crippen MR) is 80.7 cm³/mol. The fourth-order valence-electron chi connectivity index (χ4n) is 2.56. The highest BCUT2D eigenvalue weighted by molar-refractivity contribution is 6.30. The van der Waals surface area contributed by atoms with Crippen LogP contribution in [0.4, 0.5) is 4.39 Å². The summed E-state index contributed by atoms with van der Waals surface area (Å²) in [6.45, 7) is 6.14. The molecule has 3 heteroatoms. The second-order valence-corrected chi connectivity index (χ2v) is 5.68. The van der Waals surface area contributed by atoms with E-state index < -0.39 is 11.9 Å². The summed E-state index contributed by atoms with van der Waals surface area (Å²) in [5.41, 5.74) is 5.30. The van der Waals surface area contributed by atoms with E-state index in [1.165, 1.54) is 17.7 Å². The fourth-order valence-corrected chi connectivity index (χ4v) is 2.75. The van der Waals surface area contributed by atoms with E-state index in [1.54, 1.807) is 6.07 Å². The zero-order valence-electron chi connectivity index (χ0n) is 11.9. The first-order chi connectivity index (χ1) is 9.38. The average molecular weight is 293 g/mol. The Bertz CT molecular complexity index is 614. The number of rotatable bonds is 3. The van der Waals surface area contributed by atoms with E-state index in [-0.39, 0.29) is 5.02 Å². The molecule has 0 heterocycles. The van der Waals surface area contributed by atoms with Crippen molar-refractivity contribution in [2.75, 3.05) is 0 Å². The Balaban J connectivity index is 2.27. The van der Waals surface area contributed by atoms with Crippen molar-refractivity contribution in [1.29, 1.82) is 0 Å². The Labute approximate surface area is 124 Å². The maximum Gasteiger partial charge on any atom is 0.141 e. The number of aliphatic hydroxyl groups excluding tert-OH is 1. The summed E-state index contributed by atoms with van der Waals surface area (Å²) in [6.07, 6.45) is -0.187. The Morgan fingerprint density at radius 3 is 2.25 bits per heavy atom. The first-order valence-corrected chi connectivity index (χ1v) is 6.96. The molecule has 2 rings (SSSR count). The van der Waals surface area contributed by atoms with Gasteiger partial charge in [0.05, 0.1) is 11.1 Å². The van der Waals surface area contributed by atoms with Crippen LogP contribution in [0, 0.1) is 26.6 Å². The van der Waals surface area contributed by atoms with E-state index in [1.807, 2.05) is 13.8 Å². The van der Waals surface area contributed by atoms with Gasteiger partial charge in [0.15, 0.2) is 0 Å². The number of benzene rings is 2. The van der Waals surface area contributed by atoms with E-state index in [0.717, 1.165) is 16.7 Å². The van der Waals surface area contributed by atoms with E-state index in [4.69, 9.17) is 11.6 Å². The van der Waals surface area contributed by atoms with Crippen molar-refractivity contribution in [1.82, 2.24) is 0 Å². The molecule has 2 aromatic rings. The van der Waals surface area contributed by atoms with Crippen molar-refractivity contribution in [2.24, 2.45) is 0 Å². The molecule has 20 heavy (non-hydrogen) atoms. The lowest BCUT2D eigenvalue weighted by Gasteiger charge is -2.16. The van der Waals surface area contributed by atoms with E-state index in [9.17, 15) is 9.50 Å². The van der Waals surface area contributed by atoms with E-state index in [2.05, 4.69) is 19.1 Å². The SMILES string of the molecule is Cc1cc(C)c(CC(O)c2ccc(F)c(Cl)c2)c(C)c1. The van der Waals surface area contributed by atoms with Crippen LogP contribution in [0.2, 0.25) is 5.02 Å². The molecule has 0 aliphatic rings. The molecule has 0 bridgehead atoms. The lowest BCUT2D eigenvalue weighted by atomic mass is 9.93. The van der Waals surface area contributed by atoms with Crippen LogP contribution in [0.25, 0.3) is 0 Å². The van der Waals surface area contributed by atoms with Crippen LogP contribution in [0.1, 0.15) is 33.9 Å². The highest BCUT2D eigenvalue weighted by Gasteiger charge is 2.14. The molecule has 1 atom stereocenters. The van der Waals surface area contributed by atoms with Gasteiger partial charge in [0.25, 0.3) is 0 Å². The quantitative estimate of drug-likeness (QED) is 0.871. The van der Waals surface area contributed by atoms with Gasteiger partial charge in [-0.15, -0.1) is 0 Å². The Morgan fingerprint density at radius 2 is 1.70 bits per heavy atom. The molecule has 0 aliphatic carbocycles. The minimum atomic E-state index is -0.687. The molecule has 0 aromatic heterocycles.